The number of para-hydroxylation sites is 4. The van der Waals surface area contributed by atoms with Crippen LogP contribution in [0.3, 0.4) is 0 Å². The molecule has 4 aromatic heterocycles. The van der Waals surface area contributed by atoms with Crippen LogP contribution in [0.25, 0.3) is 115 Å². The van der Waals surface area contributed by atoms with Crippen molar-refractivity contribution in [2.24, 2.45) is 0 Å². The third kappa shape index (κ3) is 5.06. The molecule has 0 fully saturated rings. The summed E-state index contributed by atoms with van der Waals surface area (Å²) in [6.45, 7) is 0. The number of thiophene rings is 1. The van der Waals surface area contributed by atoms with Gasteiger partial charge in [0.15, 0.2) is 5.82 Å². The molecule has 0 aliphatic rings. The fourth-order valence-electron chi connectivity index (χ4n) is 8.53. The fourth-order valence-corrected chi connectivity index (χ4v) is 9.66. The molecule has 0 spiro atoms. The van der Waals surface area contributed by atoms with Crippen molar-refractivity contribution in [3.63, 3.8) is 0 Å². The monoisotopic (exact) mass is 745 g/mol. The molecular formula is C52H31N3OS. The van der Waals surface area contributed by atoms with Crippen molar-refractivity contribution < 1.29 is 4.42 Å². The molecule has 8 aromatic carbocycles. The Hall–Kier alpha value is -7.34. The number of aromatic nitrogens is 3. The Labute approximate surface area is 331 Å². The predicted molar refractivity (Wildman–Crippen MR) is 238 cm³/mol. The molecule has 0 aliphatic heterocycles. The highest BCUT2D eigenvalue weighted by Gasteiger charge is 2.19. The molecule has 0 aliphatic carbocycles. The van der Waals surface area contributed by atoms with Crippen molar-refractivity contribution in [3.05, 3.63) is 188 Å². The molecule has 4 nitrogen and oxygen atoms in total. The van der Waals surface area contributed by atoms with Gasteiger partial charge in [0.05, 0.1) is 26.9 Å². The molecule has 57 heavy (non-hydrogen) atoms. The maximum Gasteiger partial charge on any atom is 0.160 e. The lowest BCUT2D eigenvalue weighted by atomic mass is 10.0. The van der Waals surface area contributed by atoms with Crippen molar-refractivity contribution in [1.82, 2.24) is 14.5 Å². The molecule has 0 saturated carbocycles. The van der Waals surface area contributed by atoms with Crippen molar-refractivity contribution in [2.45, 2.75) is 0 Å². The summed E-state index contributed by atoms with van der Waals surface area (Å²) in [5.41, 5.74) is 13.8. The lowest BCUT2D eigenvalue weighted by molar-refractivity contribution is 0.670. The van der Waals surface area contributed by atoms with E-state index in [2.05, 4.69) is 180 Å². The van der Waals surface area contributed by atoms with Gasteiger partial charge in [-0.15, -0.1) is 11.3 Å². The van der Waals surface area contributed by atoms with Crippen LogP contribution in [0.15, 0.2) is 192 Å². The summed E-state index contributed by atoms with van der Waals surface area (Å²) in [7, 11) is 0. The first-order valence-electron chi connectivity index (χ1n) is 19.1. The minimum absolute atomic E-state index is 0.704. The standard InChI is InChI=1S/C52H31N3OS/c1-3-12-33(13-4-1)48-51-49(54-52(53-48)34-24-22-32(23-25-34)38-18-11-19-41-40-17-8-10-21-46(40)56-50(38)41)43-31-36(27-29-47(43)57-51)35-26-28-45-42(30-35)39-16-7-9-20-44(39)55(45)37-14-5-2-6-15-37/h1-31H. The fraction of sp³-hybridized carbons (Fsp3) is 0. The first-order valence-corrected chi connectivity index (χ1v) is 20.0. The first-order chi connectivity index (χ1) is 28.2. The summed E-state index contributed by atoms with van der Waals surface area (Å²) in [5, 5.41) is 5.86. The largest absolute Gasteiger partial charge is 0.455 e. The number of furan rings is 1. The molecule has 0 amide bonds. The summed E-state index contributed by atoms with van der Waals surface area (Å²) in [6, 6.07) is 66.6. The molecule has 0 N–H and O–H groups in total. The third-order valence-corrected chi connectivity index (χ3v) is 12.4. The van der Waals surface area contributed by atoms with Gasteiger partial charge < -0.3 is 8.98 Å². The number of hydrogen-bond donors (Lipinski definition) is 0. The van der Waals surface area contributed by atoms with Crippen LogP contribution in [-0.2, 0) is 0 Å². The van der Waals surface area contributed by atoms with Gasteiger partial charge in [0.25, 0.3) is 0 Å². The molecule has 0 saturated heterocycles. The number of hydrogen-bond acceptors (Lipinski definition) is 4. The lowest BCUT2D eigenvalue weighted by Crippen LogP contribution is -1.93. The van der Waals surface area contributed by atoms with Crippen LogP contribution in [-0.4, -0.2) is 14.5 Å². The van der Waals surface area contributed by atoms with Crippen LogP contribution in [0.2, 0.25) is 0 Å². The minimum atomic E-state index is 0.704. The first kappa shape index (κ1) is 32.0. The van der Waals surface area contributed by atoms with Gasteiger partial charge in [-0.2, -0.15) is 0 Å². The highest BCUT2D eigenvalue weighted by Crippen LogP contribution is 2.43. The highest BCUT2D eigenvalue weighted by atomic mass is 32.1. The zero-order valence-electron chi connectivity index (χ0n) is 30.6. The Morgan fingerprint density at radius 2 is 1.09 bits per heavy atom. The van der Waals surface area contributed by atoms with Crippen molar-refractivity contribution in [2.75, 3.05) is 0 Å². The molecule has 5 heteroatoms. The van der Waals surface area contributed by atoms with Gasteiger partial charge in [-0.05, 0) is 65.2 Å². The Morgan fingerprint density at radius 3 is 1.93 bits per heavy atom. The number of rotatable bonds is 5. The van der Waals surface area contributed by atoms with Crippen molar-refractivity contribution >= 4 is 75.4 Å². The van der Waals surface area contributed by atoms with E-state index in [9.17, 15) is 0 Å². The average molecular weight is 746 g/mol. The summed E-state index contributed by atoms with van der Waals surface area (Å²) in [5.74, 6) is 0.704. The van der Waals surface area contributed by atoms with Crippen LogP contribution >= 0.6 is 11.3 Å². The van der Waals surface area contributed by atoms with Crippen LogP contribution in [0, 0.1) is 0 Å². The van der Waals surface area contributed by atoms with E-state index in [1.165, 1.54) is 32.1 Å². The zero-order valence-corrected chi connectivity index (χ0v) is 31.4. The Morgan fingerprint density at radius 1 is 0.439 bits per heavy atom. The third-order valence-electron chi connectivity index (χ3n) is 11.2. The Balaban J connectivity index is 1.00. The van der Waals surface area contributed by atoms with Crippen molar-refractivity contribution in [3.8, 4) is 50.6 Å². The molecule has 4 heterocycles. The van der Waals surface area contributed by atoms with Gasteiger partial charge in [0, 0.05) is 54.0 Å². The topological polar surface area (TPSA) is 43.9 Å². The van der Waals surface area contributed by atoms with Crippen LogP contribution < -0.4 is 0 Å². The Kier molecular flexibility index (Phi) is 7.06. The molecule has 266 valence electrons. The smallest absolute Gasteiger partial charge is 0.160 e. The van der Waals surface area contributed by atoms with Gasteiger partial charge in [-0.3, -0.25) is 0 Å². The van der Waals surface area contributed by atoms with Gasteiger partial charge in [0.1, 0.15) is 11.2 Å². The molecule has 0 radical (unpaired) electrons. The molecule has 12 aromatic rings. The molecular weight excluding hydrogens is 715 g/mol. The maximum atomic E-state index is 6.37. The van der Waals surface area contributed by atoms with E-state index < -0.39 is 0 Å². The summed E-state index contributed by atoms with van der Waals surface area (Å²) in [6.07, 6.45) is 0. The molecule has 12 rings (SSSR count). The SMILES string of the molecule is c1ccc(-c2nc(-c3ccc(-c4cccc5c4oc4ccccc45)cc3)nc3c2sc2ccc(-c4ccc5c(c4)c4ccccc4n5-c4ccccc4)cc23)cc1. The average Bonchev–Trinajstić information content (AvgIpc) is 3.96. The second kappa shape index (κ2) is 12.6. The number of benzene rings is 8. The Bertz CT molecular complexity index is 3510. The van der Waals surface area contributed by atoms with Gasteiger partial charge >= 0.3 is 0 Å². The maximum absolute atomic E-state index is 6.37. The van der Waals surface area contributed by atoms with E-state index in [0.717, 1.165) is 76.7 Å². The summed E-state index contributed by atoms with van der Waals surface area (Å²) in [4.78, 5) is 10.6. The number of nitrogens with zero attached hydrogens (tertiary/aromatic N) is 3. The number of fused-ring (bicyclic) bond motifs is 9. The van der Waals surface area contributed by atoms with E-state index in [0.29, 0.717) is 5.82 Å². The highest BCUT2D eigenvalue weighted by molar-refractivity contribution is 7.26. The van der Waals surface area contributed by atoms with E-state index >= 15 is 0 Å². The van der Waals surface area contributed by atoms with E-state index in [4.69, 9.17) is 14.4 Å². The van der Waals surface area contributed by atoms with Gasteiger partial charge in [0.2, 0.25) is 0 Å². The van der Waals surface area contributed by atoms with E-state index in [1.807, 2.05) is 12.1 Å². The van der Waals surface area contributed by atoms with E-state index in [-0.39, 0.29) is 0 Å². The van der Waals surface area contributed by atoms with Crippen molar-refractivity contribution in [1.29, 1.82) is 0 Å². The normalized spacial score (nSPS) is 11.9. The molecule has 0 atom stereocenters. The predicted octanol–water partition coefficient (Wildman–Crippen LogP) is 14.5. The molecule has 0 unspecified atom stereocenters. The van der Waals surface area contributed by atoms with Gasteiger partial charge in [-0.25, -0.2) is 9.97 Å². The van der Waals surface area contributed by atoms with Crippen LogP contribution in [0.4, 0.5) is 0 Å². The second-order valence-electron chi connectivity index (χ2n) is 14.5. The lowest BCUT2D eigenvalue weighted by Gasteiger charge is -2.09. The zero-order chi connectivity index (χ0) is 37.5. The van der Waals surface area contributed by atoms with Crippen LogP contribution in [0.1, 0.15) is 0 Å². The molecule has 0 bridgehead atoms. The summed E-state index contributed by atoms with van der Waals surface area (Å²) >= 11 is 1.76. The summed E-state index contributed by atoms with van der Waals surface area (Å²) < 4.78 is 11.0. The van der Waals surface area contributed by atoms with E-state index in [1.54, 1.807) is 11.3 Å². The minimum Gasteiger partial charge on any atom is -0.455 e. The van der Waals surface area contributed by atoms with Crippen LogP contribution in [0.5, 0.6) is 0 Å². The quantitative estimate of drug-likeness (QED) is 0.176. The second-order valence-corrected chi connectivity index (χ2v) is 15.6. The van der Waals surface area contributed by atoms with Gasteiger partial charge in [-0.1, -0.05) is 140 Å².